The predicted octanol–water partition coefficient (Wildman–Crippen LogP) is 0.856. The van der Waals surface area contributed by atoms with Gasteiger partial charge in [0.15, 0.2) is 0 Å². The number of nitrogens with zero attached hydrogens (tertiary/aromatic N) is 2. The van der Waals surface area contributed by atoms with Gasteiger partial charge >= 0.3 is 0 Å². The van der Waals surface area contributed by atoms with Crippen LogP contribution < -0.4 is 10.6 Å². The number of hydrogen-bond donors (Lipinski definition) is 2. The van der Waals surface area contributed by atoms with Crippen molar-refractivity contribution >= 4 is 23.2 Å². The summed E-state index contributed by atoms with van der Waals surface area (Å²) in [5, 5.41) is 6.33. The summed E-state index contributed by atoms with van der Waals surface area (Å²) < 4.78 is 0. The molecule has 3 aliphatic rings. The Bertz CT molecular complexity index is 667. The lowest BCUT2D eigenvalue weighted by molar-refractivity contribution is -0.134. The van der Waals surface area contributed by atoms with E-state index < -0.39 is 5.41 Å². The first-order valence-electron chi connectivity index (χ1n) is 8.21. The van der Waals surface area contributed by atoms with Gasteiger partial charge in [0, 0.05) is 67.9 Å². The van der Waals surface area contributed by atoms with Crippen LogP contribution >= 0.6 is 0 Å². The third-order valence-electron chi connectivity index (χ3n) is 5.33. The van der Waals surface area contributed by atoms with Gasteiger partial charge in [-0.25, -0.2) is 0 Å². The second kappa shape index (κ2) is 5.23. The number of hydrogen-bond acceptors (Lipinski definition) is 4. The molecular weight excluding hydrogens is 292 g/mol. The highest BCUT2D eigenvalue weighted by Gasteiger charge is 2.47. The topological polar surface area (TPSA) is 64.7 Å². The molecule has 3 aliphatic heterocycles. The van der Waals surface area contributed by atoms with E-state index in [0.29, 0.717) is 19.4 Å². The lowest BCUT2D eigenvalue weighted by Gasteiger charge is -2.37. The number of rotatable bonds is 2. The van der Waals surface area contributed by atoms with Crippen LogP contribution in [0.15, 0.2) is 18.2 Å². The first-order chi connectivity index (χ1) is 11.1. The van der Waals surface area contributed by atoms with Gasteiger partial charge in [-0.3, -0.25) is 9.59 Å². The standard InChI is InChI=1S/C17H22N4O2/c1-20-5-7-21(8-6-20)15(23)10-17-9-14(22)19-13-4-2-3-12(16(13)17)18-11-17/h2-4,18H,5-11H2,1H3,(H,19,22). The van der Waals surface area contributed by atoms with E-state index in [-0.39, 0.29) is 11.8 Å². The molecule has 1 aromatic rings. The predicted molar refractivity (Wildman–Crippen MR) is 88.6 cm³/mol. The van der Waals surface area contributed by atoms with Gasteiger partial charge in [-0.1, -0.05) is 6.07 Å². The summed E-state index contributed by atoms with van der Waals surface area (Å²) in [6.07, 6.45) is 0.782. The zero-order chi connectivity index (χ0) is 16.0. The van der Waals surface area contributed by atoms with Crippen molar-refractivity contribution in [2.45, 2.75) is 18.3 Å². The molecule has 0 spiro atoms. The van der Waals surface area contributed by atoms with Crippen molar-refractivity contribution in [3.05, 3.63) is 23.8 Å². The Morgan fingerprint density at radius 3 is 2.74 bits per heavy atom. The van der Waals surface area contributed by atoms with E-state index in [1.165, 1.54) is 0 Å². The van der Waals surface area contributed by atoms with Crippen LogP contribution in [0.2, 0.25) is 0 Å². The summed E-state index contributed by atoms with van der Waals surface area (Å²) in [5.74, 6) is 0.168. The molecule has 0 aromatic heterocycles. The minimum Gasteiger partial charge on any atom is -0.384 e. The van der Waals surface area contributed by atoms with Gasteiger partial charge in [-0.2, -0.15) is 0 Å². The molecule has 1 fully saturated rings. The highest BCUT2D eigenvalue weighted by atomic mass is 16.2. The monoisotopic (exact) mass is 314 g/mol. The fourth-order valence-electron chi connectivity index (χ4n) is 4.05. The number of carbonyl (C=O) groups excluding carboxylic acids is 2. The van der Waals surface area contributed by atoms with Crippen molar-refractivity contribution in [3.8, 4) is 0 Å². The summed E-state index contributed by atoms with van der Waals surface area (Å²) in [6, 6.07) is 5.89. The number of nitrogens with one attached hydrogen (secondary N) is 2. The quantitative estimate of drug-likeness (QED) is 0.850. The van der Waals surface area contributed by atoms with Crippen LogP contribution in [0.4, 0.5) is 11.4 Å². The lowest BCUT2D eigenvalue weighted by atomic mass is 9.73. The van der Waals surface area contributed by atoms with Gasteiger partial charge in [-0.05, 0) is 19.2 Å². The van der Waals surface area contributed by atoms with Crippen LogP contribution in [0, 0.1) is 0 Å². The molecular formula is C17H22N4O2. The second-order valence-corrected chi connectivity index (χ2v) is 6.95. The van der Waals surface area contributed by atoms with Crippen molar-refractivity contribution in [2.75, 3.05) is 50.4 Å². The van der Waals surface area contributed by atoms with Crippen LogP contribution in [0.5, 0.6) is 0 Å². The summed E-state index contributed by atoms with van der Waals surface area (Å²) in [7, 11) is 2.08. The van der Waals surface area contributed by atoms with Crippen molar-refractivity contribution in [1.29, 1.82) is 0 Å². The molecule has 0 radical (unpaired) electrons. The average molecular weight is 314 g/mol. The molecule has 6 nitrogen and oxygen atoms in total. The molecule has 2 amide bonds. The van der Waals surface area contributed by atoms with Gasteiger partial charge in [0.2, 0.25) is 11.8 Å². The minimum absolute atomic E-state index is 0.00419. The number of piperazine rings is 1. The van der Waals surface area contributed by atoms with Crippen LogP contribution in [-0.2, 0) is 15.0 Å². The summed E-state index contributed by atoms with van der Waals surface area (Å²) in [5.41, 5.74) is 2.62. The van der Waals surface area contributed by atoms with Crippen molar-refractivity contribution in [2.24, 2.45) is 0 Å². The highest BCUT2D eigenvalue weighted by molar-refractivity contribution is 5.99. The number of amides is 2. The molecule has 122 valence electrons. The van der Waals surface area contributed by atoms with Gasteiger partial charge in [0.1, 0.15) is 0 Å². The maximum Gasteiger partial charge on any atom is 0.225 e. The highest BCUT2D eigenvalue weighted by Crippen LogP contribution is 2.48. The van der Waals surface area contributed by atoms with Crippen molar-refractivity contribution in [1.82, 2.24) is 9.80 Å². The molecule has 1 saturated heterocycles. The Morgan fingerprint density at radius 2 is 1.96 bits per heavy atom. The van der Waals surface area contributed by atoms with E-state index in [4.69, 9.17) is 0 Å². The summed E-state index contributed by atoms with van der Waals surface area (Å²) in [6.45, 7) is 4.05. The zero-order valence-corrected chi connectivity index (χ0v) is 13.4. The smallest absolute Gasteiger partial charge is 0.225 e. The fraction of sp³-hybridized carbons (Fsp3) is 0.529. The first-order valence-corrected chi connectivity index (χ1v) is 8.21. The second-order valence-electron chi connectivity index (χ2n) is 6.95. The van der Waals surface area contributed by atoms with Crippen LogP contribution in [-0.4, -0.2) is 61.4 Å². The van der Waals surface area contributed by atoms with E-state index in [1.54, 1.807) is 0 Å². The van der Waals surface area contributed by atoms with E-state index >= 15 is 0 Å². The molecule has 0 bridgehead atoms. The average Bonchev–Trinajstić information content (AvgIpc) is 2.88. The minimum atomic E-state index is -0.394. The number of carbonyl (C=O) groups is 2. The molecule has 1 atom stereocenters. The molecule has 6 heteroatoms. The van der Waals surface area contributed by atoms with E-state index in [9.17, 15) is 9.59 Å². The van der Waals surface area contributed by atoms with Crippen LogP contribution in [0.25, 0.3) is 0 Å². The molecule has 1 aromatic carbocycles. The van der Waals surface area contributed by atoms with Gasteiger partial charge in [0.25, 0.3) is 0 Å². The largest absolute Gasteiger partial charge is 0.384 e. The van der Waals surface area contributed by atoms with Crippen molar-refractivity contribution < 1.29 is 9.59 Å². The first kappa shape index (κ1) is 14.5. The Labute approximate surface area is 135 Å². The summed E-state index contributed by atoms with van der Waals surface area (Å²) in [4.78, 5) is 29.2. The molecule has 0 aliphatic carbocycles. The van der Waals surface area contributed by atoms with Crippen LogP contribution in [0.1, 0.15) is 18.4 Å². The van der Waals surface area contributed by atoms with E-state index in [0.717, 1.165) is 43.1 Å². The fourth-order valence-corrected chi connectivity index (χ4v) is 4.05. The third kappa shape index (κ3) is 2.37. The van der Waals surface area contributed by atoms with Crippen molar-refractivity contribution in [3.63, 3.8) is 0 Å². The number of benzene rings is 1. The van der Waals surface area contributed by atoms with Crippen LogP contribution in [0.3, 0.4) is 0 Å². The normalized spacial score (nSPS) is 26.5. The molecule has 2 N–H and O–H groups in total. The van der Waals surface area contributed by atoms with E-state index in [2.05, 4.69) is 22.6 Å². The van der Waals surface area contributed by atoms with E-state index in [1.807, 2.05) is 23.1 Å². The Hall–Kier alpha value is -2.08. The number of likely N-dealkylation sites (N-methyl/N-ethyl adjacent to an activating group) is 1. The maximum absolute atomic E-state index is 12.8. The number of anilines is 2. The maximum atomic E-state index is 12.8. The molecule has 23 heavy (non-hydrogen) atoms. The van der Waals surface area contributed by atoms with Gasteiger partial charge in [0.05, 0.1) is 0 Å². The Morgan fingerprint density at radius 1 is 1.22 bits per heavy atom. The molecule has 3 heterocycles. The zero-order valence-electron chi connectivity index (χ0n) is 13.4. The lowest BCUT2D eigenvalue weighted by Crippen LogP contribution is -2.50. The van der Waals surface area contributed by atoms with Gasteiger partial charge < -0.3 is 20.4 Å². The Balaban J connectivity index is 1.61. The summed E-state index contributed by atoms with van der Waals surface area (Å²) >= 11 is 0. The Kier molecular flexibility index (Phi) is 3.30. The molecule has 0 saturated carbocycles. The third-order valence-corrected chi connectivity index (χ3v) is 5.33. The van der Waals surface area contributed by atoms with Gasteiger partial charge in [-0.15, -0.1) is 0 Å². The molecule has 1 unspecified atom stereocenters. The SMILES string of the molecule is CN1CCN(C(=O)CC23CNc4cccc(c42)NC(=O)C3)CC1. The molecule has 4 rings (SSSR count).